The summed E-state index contributed by atoms with van der Waals surface area (Å²) in [6.45, 7) is 0.135. The molecule has 0 radical (unpaired) electrons. The first-order chi connectivity index (χ1) is 13.2. The summed E-state index contributed by atoms with van der Waals surface area (Å²) in [5.74, 6) is -0.680. The lowest BCUT2D eigenvalue weighted by molar-refractivity contribution is -0.117. The maximum atomic E-state index is 12.8. The van der Waals surface area contributed by atoms with Gasteiger partial charge in [-0.3, -0.25) is 9.89 Å². The van der Waals surface area contributed by atoms with Crippen molar-refractivity contribution in [2.75, 3.05) is 11.9 Å². The van der Waals surface area contributed by atoms with Crippen molar-refractivity contribution in [3.05, 3.63) is 66.6 Å². The van der Waals surface area contributed by atoms with E-state index in [1.807, 2.05) is 30.6 Å². The normalized spacial score (nSPS) is 12.2. The zero-order valence-electron chi connectivity index (χ0n) is 14.4. The Bertz CT molecular complexity index is 1080. The average Bonchev–Trinajstić information content (AvgIpc) is 3.32. The second-order valence-corrected chi connectivity index (χ2v) is 6.29. The Morgan fingerprint density at radius 1 is 1.22 bits per heavy atom. The highest BCUT2D eigenvalue weighted by atomic mass is 16.3. The number of anilines is 1. The van der Waals surface area contributed by atoms with Crippen molar-refractivity contribution < 1.29 is 9.90 Å². The highest BCUT2D eigenvalue weighted by Gasteiger charge is 2.21. The number of para-hydroxylation sites is 1. The molecule has 136 valence electrons. The second kappa shape index (κ2) is 6.97. The van der Waals surface area contributed by atoms with Crippen molar-refractivity contribution in [1.82, 2.24) is 15.2 Å². The number of hydrogen-bond donors (Lipinski definition) is 5. The fraction of sp³-hybridized carbons (Fsp3) is 0.100. The molecule has 0 saturated heterocycles. The van der Waals surface area contributed by atoms with Crippen LogP contribution in [0.1, 0.15) is 11.5 Å². The number of phenolic OH excluding ortho intramolecular Hbond substituents is 1. The summed E-state index contributed by atoms with van der Waals surface area (Å²) in [6, 6.07) is 12.3. The summed E-state index contributed by atoms with van der Waals surface area (Å²) in [7, 11) is 0. The number of nitrogens with two attached hydrogens (primary N) is 1. The number of aromatic nitrogens is 3. The van der Waals surface area contributed by atoms with E-state index >= 15 is 0 Å². The molecule has 0 aliphatic heterocycles. The number of rotatable bonds is 5. The molecule has 2 aromatic carbocycles. The van der Waals surface area contributed by atoms with Crippen molar-refractivity contribution in [3.8, 4) is 16.9 Å². The summed E-state index contributed by atoms with van der Waals surface area (Å²) in [5.41, 5.74) is 9.96. The highest BCUT2D eigenvalue weighted by Crippen LogP contribution is 2.32. The number of phenols is 1. The fourth-order valence-electron chi connectivity index (χ4n) is 3.25. The molecule has 6 N–H and O–H groups in total. The van der Waals surface area contributed by atoms with E-state index in [9.17, 15) is 9.90 Å². The number of nitrogens with zero attached hydrogens (tertiary/aromatic N) is 1. The van der Waals surface area contributed by atoms with Crippen LogP contribution in [0, 0.1) is 0 Å². The van der Waals surface area contributed by atoms with Crippen LogP contribution >= 0.6 is 0 Å². The molecule has 0 saturated carbocycles. The SMILES string of the molecule is NC[C@@H](C(=O)Nc1cccc2c(-c3cn[nH]c3)c[nH]c12)c1cccc(O)c1. The monoisotopic (exact) mass is 361 g/mol. The van der Waals surface area contributed by atoms with E-state index in [2.05, 4.69) is 20.5 Å². The summed E-state index contributed by atoms with van der Waals surface area (Å²) >= 11 is 0. The number of H-pyrrole nitrogens is 2. The molecule has 27 heavy (non-hydrogen) atoms. The van der Waals surface area contributed by atoms with Crippen LogP contribution in [0.4, 0.5) is 5.69 Å². The molecule has 2 heterocycles. The van der Waals surface area contributed by atoms with Crippen molar-refractivity contribution in [1.29, 1.82) is 0 Å². The van der Waals surface area contributed by atoms with Crippen LogP contribution in [-0.2, 0) is 4.79 Å². The maximum Gasteiger partial charge on any atom is 0.233 e. The number of benzene rings is 2. The Balaban J connectivity index is 1.66. The van der Waals surface area contributed by atoms with Crippen LogP contribution in [0.5, 0.6) is 5.75 Å². The number of carbonyl (C=O) groups excluding carboxylic acids is 1. The third kappa shape index (κ3) is 3.16. The lowest BCUT2D eigenvalue weighted by Gasteiger charge is -2.16. The van der Waals surface area contributed by atoms with Gasteiger partial charge in [-0.05, 0) is 23.8 Å². The minimum absolute atomic E-state index is 0.106. The van der Waals surface area contributed by atoms with Crippen LogP contribution in [0.15, 0.2) is 61.1 Å². The van der Waals surface area contributed by atoms with Crippen LogP contribution < -0.4 is 11.1 Å². The zero-order chi connectivity index (χ0) is 18.8. The molecule has 1 amide bonds. The number of amides is 1. The van der Waals surface area contributed by atoms with Crippen molar-refractivity contribution in [2.24, 2.45) is 5.73 Å². The Morgan fingerprint density at radius 3 is 2.81 bits per heavy atom. The predicted octanol–water partition coefficient (Wildman–Crippen LogP) is 2.94. The molecule has 0 aliphatic carbocycles. The van der Waals surface area contributed by atoms with Gasteiger partial charge in [-0.1, -0.05) is 24.3 Å². The quantitative estimate of drug-likeness (QED) is 0.375. The molecule has 0 unspecified atom stereocenters. The van der Waals surface area contributed by atoms with Gasteiger partial charge in [0.15, 0.2) is 0 Å². The van der Waals surface area contributed by atoms with Gasteiger partial charge in [0.2, 0.25) is 5.91 Å². The first-order valence-corrected chi connectivity index (χ1v) is 8.56. The molecule has 7 nitrogen and oxygen atoms in total. The van der Waals surface area contributed by atoms with Crippen molar-refractivity contribution in [2.45, 2.75) is 5.92 Å². The van der Waals surface area contributed by atoms with E-state index in [1.54, 1.807) is 30.5 Å². The fourth-order valence-corrected chi connectivity index (χ4v) is 3.25. The molecule has 7 heteroatoms. The average molecular weight is 361 g/mol. The minimum Gasteiger partial charge on any atom is -0.508 e. The molecule has 0 bridgehead atoms. The van der Waals surface area contributed by atoms with Gasteiger partial charge >= 0.3 is 0 Å². The van der Waals surface area contributed by atoms with E-state index in [-0.39, 0.29) is 18.2 Å². The first-order valence-electron chi connectivity index (χ1n) is 8.56. The lowest BCUT2D eigenvalue weighted by atomic mass is 9.98. The van der Waals surface area contributed by atoms with E-state index in [4.69, 9.17) is 5.73 Å². The summed E-state index contributed by atoms with van der Waals surface area (Å²) in [4.78, 5) is 16.1. The Morgan fingerprint density at radius 2 is 2.07 bits per heavy atom. The van der Waals surface area contributed by atoms with Crippen LogP contribution in [0.3, 0.4) is 0 Å². The number of fused-ring (bicyclic) bond motifs is 1. The van der Waals surface area contributed by atoms with Gasteiger partial charge in [0.05, 0.1) is 23.3 Å². The van der Waals surface area contributed by atoms with Gasteiger partial charge in [0.25, 0.3) is 0 Å². The second-order valence-electron chi connectivity index (χ2n) is 6.29. The third-order valence-electron chi connectivity index (χ3n) is 4.61. The Kier molecular flexibility index (Phi) is 4.35. The number of aromatic hydroxyl groups is 1. The molecule has 0 spiro atoms. The Hall–Kier alpha value is -3.58. The van der Waals surface area contributed by atoms with Gasteiger partial charge < -0.3 is 21.1 Å². The van der Waals surface area contributed by atoms with Crippen molar-refractivity contribution >= 4 is 22.5 Å². The zero-order valence-corrected chi connectivity index (χ0v) is 14.4. The van der Waals surface area contributed by atoms with Crippen LogP contribution in [0.2, 0.25) is 0 Å². The topological polar surface area (TPSA) is 120 Å². The smallest absolute Gasteiger partial charge is 0.233 e. The number of nitrogens with one attached hydrogen (secondary N) is 3. The van der Waals surface area contributed by atoms with E-state index in [0.717, 1.165) is 22.0 Å². The molecular formula is C20H19N5O2. The van der Waals surface area contributed by atoms with Crippen LogP contribution in [-0.4, -0.2) is 32.7 Å². The number of aromatic amines is 2. The lowest BCUT2D eigenvalue weighted by Crippen LogP contribution is -2.27. The summed E-state index contributed by atoms with van der Waals surface area (Å²) < 4.78 is 0. The van der Waals surface area contributed by atoms with E-state index in [1.165, 1.54) is 0 Å². The summed E-state index contributed by atoms with van der Waals surface area (Å²) in [5, 5.41) is 20.4. The van der Waals surface area contributed by atoms with Gasteiger partial charge in [-0.25, -0.2) is 0 Å². The number of hydrogen-bond acceptors (Lipinski definition) is 4. The van der Waals surface area contributed by atoms with E-state index < -0.39 is 5.92 Å². The van der Waals surface area contributed by atoms with Crippen LogP contribution in [0.25, 0.3) is 22.0 Å². The molecule has 1 atom stereocenters. The summed E-state index contributed by atoms with van der Waals surface area (Å²) in [6.07, 6.45) is 5.46. The van der Waals surface area contributed by atoms with E-state index in [0.29, 0.717) is 11.3 Å². The molecule has 0 fully saturated rings. The van der Waals surface area contributed by atoms with Gasteiger partial charge in [0.1, 0.15) is 5.75 Å². The minimum atomic E-state index is -0.560. The predicted molar refractivity (Wildman–Crippen MR) is 104 cm³/mol. The molecule has 2 aromatic heterocycles. The van der Waals surface area contributed by atoms with Crippen molar-refractivity contribution in [3.63, 3.8) is 0 Å². The van der Waals surface area contributed by atoms with Gasteiger partial charge in [0, 0.05) is 35.5 Å². The molecule has 4 rings (SSSR count). The Labute approximate surface area is 155 Å². The standard InChI is InChI=1S/C20H19N5O2/c21-8-16(12-3-1-4-14(26)7-12)20(27)25-18-6-2-5-15-17(11-22-19(15)18)13-9-23-24-10-13/h1-7,9-11,16,22,26H,8,21H2,(H,23,24)(H,25,27)/t16-/m1/s1. The molecule has 4 aromatic rings. The van der Waals surface area contributed by atoms with Gasteiger partial charge in [-0.15, -0.1) is 0 Å². The first kappa shape index (κ1) is 16.9. The molecular weight excluding hydrogens is 342 g/mol. The number of carbonyl (C=O) groups is 1. The third-order valence-corrected chi connectivity index (χ3v) is 4.61. The highest BCUT2D eigenvalue weighted by molar-refractivity contribution is 6.07. The maximum absolute atomic E-state index is 12.8. The van der Waals surface area contributed by atoms with Gasteiger partial charge in [-0.2, -0.15) is 5.10 Å². The largest absolute Gasteiger partial charge is 0.508 e. The molecule has 0 aliphatic rings.